The highest BCUT2D eigenvalue weighted by Crippen LogP contribution is 2.20. The Morgan fingerprint density at radius 3 is 2.58 bits per heavy atom. The molecular weight excluding hydrogens is 303 g/mol. The molecule has 122 valence electrons. The molecule has 0 fully saturated rings. The second kappa shape index (κ2) is 8.22. The number of nitrogens with zero attached hydrogens (tertiary/aromatic N) is 2. The largest absolute Gasteiger partial charge is 0.368 e. The van der Waals surface area contributed by atoms with E-state index in [1.165, 1.54) is 12.1 Å². The summed E-state index contributed by atoms with van der Waals surface area (Å²) < 4.78 is 21.1. The molecule has 0 N–H and O–H groups in total. The molecule has 3 aromatic rings. The molecule has 0 saturated heterocycles. The van der Waals surface area contributed by atoms with Crippen LogP contribution in [0, 0.1) is 5.82 Å². The van der Waals surface area contributed by atoms with Crippen LogP contribution >= 0.6 is 0 Å². The van der Waals surface area contributed by atoms with Crippen molar-refractivity contribution >= 4 is 6.08 Å². The fraction of sp³-hybridized carbons (Fsp3) is 0.150. The fourth-order valence-corrected chi connectivity index (χ4v) is 2.44. The molecule has 1 aromatic heterocycles. The van der Waals surface area contributed by atoms with E-state index in [0.29, 0.717) is 13.2 Å². The lowest BCUT2D eigenvalue weighted by Gasteiger charge is -2.18. The van der Waals surface area contributed by atoms with Gasteiger partial charge in [-0.05, 0) is 23.3 Å². The van der Waals surface area contributed by atoms with Crippen molar-refractivity contribution in [2.75, 3.05) is 6.61 Å². The fourth-order valence-electron chi connectivity index (χ4n) is 2.44. The van der Waals surface area contributed by atoms with Gasteiger partial charge in [0, 0.05) is 12.4 Å². The molecule has 0 saturated carbocycles. The normalized spacial score (nSPS) is 12.5. The molecule has 3 nitrogen and oxygen atoms in total. The maximum absolute atomic E-state index is 13.2. The number of hydrogen-bond acceptors (Lipinski definition) is 2. The zero-order chi connectivity index (χ0) is 16.6. The van der Waals surface area contributed by atoms with Gasteiger partial charge in [-0.1, -0.05) is 54.6 Å². The van der Waals surface area contributed by atoms with Crippen LogP contribution < -0.4 is 0 Å². The average Bonchev–Trinajstić information content (AvgIpc) is 3.12. The second-order valence-electron chi connectivity index (χ2n) is 5.45. The van der Waals surface area contributed by atoms with Gasteiger partial charge in [0.1, 0.15) is 11.9 Å². The Morgan fingerprint density at radius 2 is 1.88 bits per heavy atom. The van der Waals surface area contributed by atoms with Gasteiger partial charge >= 0.3 is 0 Å². The van der Waals surface area contributed by atoms with Gasteiger partial charge in [0.05, 0.1) is 19.5 Å². The van der Waals surface area contributed by atoms with E-state index in [-0.39, 0.29) is 11.9 Å². The van der Waals surface area contributed by atoms with Gasteiger partial charge in [0.25, 0.3) is 0 Å². The van der Waals surface area contributed by atoms with E-state index in [1.54, 1.807) is 24.7 Å². The van der Waals surface area contributed by atoms with Crippen molar-refractivity contribution < 1.29 is 9.13 Å². The molecule has 0 amide bonds. The molecule has 1 unspecified atom stereocenters. The lowest BCUT2D eigenvalue weighted by Crippen LogP contribution is -2.12. The molecule has 4 heteroatoms. The summed E-state index contributed by atoms with van der Waals surface area (Å²) in [5.74, 6) is -0.246. The number of halogens is 1. The first kappa shape index (κ1) is 16.1. The van der Waals surface area contributed by atoms with E-state index in [1.807, 2.05) is 53.2 Å². The molecule has 0 bridgehead atoms. The summed E-state index contributed by atoms with van der Waals surface area (Å²) in [4.78, 5) is 4.05. The van der Waals surface area contributed by atoms with Crippen LogP contribution in [0.3, 0.4) is 0 Å². The van der Waals surface area contributed by atoms with E-state index < -0.39 is 0 Å². The van der Waals surface area contributed by atoms with Crippen LogP contribution in [0.1, 0.15) is 17.2 Å². The van der Waals surface area contributed by atoms with Gasteiger partial charge in [-0.15, -0.1) is 0 Å². The van der Waals surface area contributed by atoms with Gasteiger partial charge in [-0.3, -0.25) is 0 Å². The Kier molecular flexibility index (Phi) is 5.53. The summed E-state index contributed by atoms with van der Waals surface area (Å²) in [5.41, 5.74) is 2.08. The minimum absolute atomic E-state index is 0.166. The Balaban J connectivity index is 1.65. The first-order valence-electron chi connectivity index (χ1n) is 7.85. The SMILES string of the molecule is Fc1ccc(C(Cn2ccnc2)OC/C=C/c2ccccc2)cc1. The molecule has 24 heavy (non-hydrogen) atoms. The molecular formula is C20H19FN2O. The molecule has 2 aromatic carbocycles. The quantitative estimate of drug-likeness (QED) is 0.641. The summed E-state index contributed by atoms with van der Waals surface area (Å²) in [6, 6.07) is 16.5. The van der Waals surface area contributed by atoms with Gasteiger partial charge in [0.15, 0.2) is 0 Å². The summed E-state index contributed by atoms with van der Waals surface area (Å²) in [6.07, 6.45) is 9.22. The van der Waals surface area contributed by atoms with E-state index in [2.05, 4.69) is 4.98 Å². The van der Waals surface area contributed by atoms with Crippen LogP contribution in [-0.4, -0.2) is 16.2 Å². The number of ether oxygens (including phenoxy) is 1. The van der Waals surface area contributed by atoms with Crippen molar-refractivity contribution in [3.8, 4) is 0 Å². The lowest BCUT2D eigenvalue weighted by atomic mass is 10.1. The molecule has 0 aliphatic carbocycles. The van der Waals surface area contributed by atoms with Crippen molar-refractivity contribution in [1.82, 2.24) is 9.55 Å². The maximum atomic E-state index is 13.2. The molecule has 0 aliphatic rings. The minimum Gasteiger partial charge on any atom is -0.368 e. The van der Waals surface area contributed by atoms with Crippen LogP contribution in [0.15, 0.2) is 79.4 Å². The Morgan fingerprint density at radius 1 is 1.08 bits per heavy atom. The topological polar surface area (TPSA) is 27.1 Å². The zero-order valence-electron chi connectivity index (χ0n) is 13.3. The van der Waals surface area contributed by atoms with Crippen LogP contribution in [0.2, 0.25) is 0 Å². The molecule has 0 aliphatic heterocycles. The summed E-state index contributed by atoms with van der Waals surface area (Å²) in [6.45, 7) is 1.11. The predicted octanol–water partition coefficient (Wildman–Crippen LogP) is 4.49. The zero-order valence-corrected chi connectivity index (χ0v) is 13.3. The van der Waals surface area contributed by atoms with Crippen molar-refractivity contribution in [1.29, 1.82) is 0 Å². The van der Waals surface area contributed by atoms with Gasteiger partial charge in [-0.25, -0.2) is 9.37 Å². The van der Waals surface area contributed by atoms with Crippen molar-refractivity contribution in [3.63, 3.8) is 0 Å². The first-order valence-corrected chi connectivity index (χ1v) is 7.85. The molecule has 1 atom stereocenters. The summed E-state index contributed by atoms with van der Waals surface area (Å²) in [5, 5.41) is 0. The highest BCUT2D eigenvalue weighted by molar-refractivity contribution is 5.48. The Hall–Kier alpha value is -2.72. The van der Waals surface area contributed by atoms with E-state index in [9.17, 15) is 4.39 Å². The third kappa shape index (κ3) is 4.64. The summed E-state index contributed by atoms with van der Waals surface area (Å²) >= 11 is 0. The third-order valence-electron chi connectivity index (χ3n) is 3.68. The number of hydrogen-bond donors (Lipinski definition) is 0. The second-order valence-corrected chi connectivity index (χ2v) is 5.45. The average molecular weight is 322 g/mol. The highest BCUT2D eigenvalue weighted by Gasteiger charge is 2.12. The van der Waals surface area contributed by atoms with Crippen molar-refractivity contribution in [3.05, 3.63) is 96.3 Å². The first-order chi connectivity index (χ1) is 11.8. The molecule has 0 radical (unpaired) electrons. The minimum atomic E-state index is -0.246. The molecule has 1 heterocycles. The number of benzene rings is 2. The van der Waals surface area contributed by atoms with E-state index >= 15 is 0 Å². The highest BCUT2D eigenvalue weighted by atomic mass is 19.1. The molecule has 3 rings (SSSR count). The number of rotatable bonds is 7. The Bertz CT molecular complexity index is 752. The van der Waals surface area contributed by atoms with Gasteiger partial charge in [0.2, 0.25) is 0 Å². The van der Waals surface area contributed by atoms with Crippen LogP contribution in [0.5, 0.6) is 0 Å². The third-order valence-corrected chi connectivity index (χ3v) is 3.68. The maximum Gasteiger partial charge on any atom is 0.123 e. The van der Waals surface area contributed by atoms with Gasteiger partial charge < -0.3 is 9.30 Å². The van der Waals surface area contributed by atoms with Crippen LogP contribution in [0.4, 0.5) is 4.39 Å². The number of imidazole rings is 1. The van der Waals surface area contributed by atoms with Crippen molar-refractivity contribution in [2.24, 2.45) is 0 Å². The standard InChI is InChI=1S/C20H19FN2O/c21-19-10-8-18(9-11-19)20(15-23-13-12-22-16-23)24-14-4-7-17-5-2-1-3-6-17/h1-13,16,20H,14-15H2/b7-4+. The lowest BCUT2D eigenvalue weighted by molar-refractivity contribution is 0.0608. The van der Waals surface area contributed by atoms with Crippen LogP contribution in [0.25, 0.3) is 6.08 Å². The molecule has 0 spiro atoms. The van der Waals surface area contributed by atoms with E-state index in [0.717, 1.165) is 11.1 Å². The monoisotopic (exact) mass is 322 g/mol. The van der Waals surface area contributed by atoms with E-state index in [4.69, 9.17) is 4.74 Å². The number of aromatic nitrogens is 2. The predicted molar refractivity (Wildman–Crippen MR) is 92.8 cm³/mol. The smallest absolute Gasteiger partial charge is 0.123 e. The summed E-state index contributed by atoms with van der Waals surface area (Å²) in [7, 11) is 0. The Labute approximate surface area is 141 Å². The van der Waals surface area contributed by atoms with Crippen LogP contribution in [-0.2, 0) is 11.3 Å². The van der Waals surface area contributed by atoms with Crippen molar-refractivity contribution in [2.45, 2.75) is 12.6 Å². The van der Waals surface area contributed by atoms with Gasteiger partial charge in [-0.2, -0.15) is 0 Å².